The summed E-state index contributed by atoms with van der Waals surface area (Å²) in [5.74, 6) is 0.683. The minimum Gasteiger partial charge on any atom is -0.399 e. The molecule has 0 unspecified atom stereocenters. The van der Waals surface area contributed by atoms with Crippen molar-refractivity contribution >= 4 is 11.3 Å². The van der Waals surface area contributed by atoms with Gasteiger partial charge >= 0.3 is 0 Å². The first-order valence-corrected chi connectivity index (χ1v) is 5.17. The van der Waals surface area contributed by atoms with E-state index in [2.05, 4.69) is 10.1 Å². The molecule has 2 heterocycles. The molecule has 2 aromatic heterocycles. The van der Waals surface area contributed by atoms with Crippen LogP contribution in [0.2, 0.25) is 0 Å². The molecule has 0 fully saturated rings. The number of nitrogen functional groups attached to an aromatic ring is 1. The maximum Gasteiger partial charge on any atom is 0.183 e. The van der Waals surface area contributed by atoms with Gasteiger partial charge in [0, 0.05) is 29.6 Å². The van der Waals surface area contributed by atoms with Crippen molar-refractivity contribution in [2.45, 2.75) is 0 Å². The third kappa shape index (κ3) is 1.67. The molecule has 0 radical (unpaired) electrons. The first-order chi connectivity index (χ1) is 8.22. The summed E-state index contributed by atoms with van der Waals surface area (Å²) in [5, 5.41) is 3.08. The molecule has 5 nitrogen and oxygen atoms in total. The predicted octanol–water partition coefficient (Wildman–Crippen LogP) is 1.27. The van der Waals surface area contributed by atoms with Gasteiger partial charge in [-0.1, -0.05) is 12.1 Å². The van der Waals surface area contributed by atoms with Crippen LogP contribution in [0.4, 0.5) is 5.69 Å². The number of pyridine rings is 1. The summed E-state index contributed by atoms with van der Waals surface area (Å²) in [5.41, 5.74) is 7.82. The molecule has 3 aromatic rings. The van der Waals surface area contributed by atoms with Crippen molar-refractivity contribution in [3.8, 4) is 11.4 Å². The van der Waals surface area contributed by atoms with Crippen LogP contribution in [0.3, 0.4) is 0 Å². The number of anilines is 1. The SMILES string of the molecule is Nc1cccc(-c2nc3cc(=O)ccn3[nH]2)c1. The summed E-state index contributed by atoms with van der Waals surface area (Å²) in [6.45, 7) is 0. The Morgan fingerprint density at radius 2 is 2.12 bits per heavy atom. The zero-order valence-electron chi connectivity index (χ0n) is 8.92. The van der Waals surface area contributed by atoms with Gasteiger partial charge in [-0.25, -0.2) is 9.50 Å². The van der Waals surface area contributed by atoms with E-state index in [1.807, 2.05) is 24.3 Å². The molecule has 0 bridgehead atoms. The second-order valence-corrected chi connectivity index (χ2v) is 3.79. The third-order valence-electron chi connectivity index (χ3n) is 2.52. The predicted molar refractivity (Wildman–Crippen MR) is 65.7 cm³/mol. The quantitative estimate of drug-likeness (QED) is 0.613. The van der Waals surface area contributed by atoms with E-state index in [-0.39, 0.29) is 5.43 Å². The highest BCUT2D eigenvalue weighted by Crippen LogP contribution is 2.17. The molecule has 5 heteroatoms. The first kappa shape index (κ1) is 9.65. The smallest absolute Gasteiger partial charge is 0.183 e. The summed E-state index contributed by atoms with van der Waals surface area (Å²) in [6, 6.07) is 10.4. The Morgan fingerprint density at radius 3 is 2.94 bits per heavy atom. The fourth-order valence-corrected chi connectivity index (χ4v) is 1.72. The number of nitrogens with zero attached hydrogens (tertiary/aromatic N) is 2. The number of nitrogens with two attached hydrogens (primary N) is 1. The molecule has 3 rings (SSSR count). The molecule has 0 aliphatic carbocycles. The van der Waals surface area contributed by atoms with Gasteiger partial charge in [0.25, 0.3) is 0 Å². The van der Waals surface area contributed by atoms with Gasteiger partial charge in [0.2, 0.25) is 0 Å². The monoisotopic (exact) mass is 226 g/mol. The molecule has 17 heavy (non-hydrogen) atoms. The fourth-order valence-electron chi connectivity index (χ4n) is 1.72. The van der Waals surface area contributed by atoms with E-state index < -0.39 is 0 Å². The molecular formula is C12H10N4O. The average molecular weight is 226 g/mol. The van der Waals surface area contributed by atoms with Gasteiger partial charge in [0.05, 0.1) is 0 Å². The van der Waals surface area contributed by atoms with Crippen LogP contribution in [-0.2, 0) is 0 Å². The Hall–Kier alpha value is -2.56. The van der Waals surface area contributed by atoms with E-state index >= 15 is 0 Å². The summed E-state index contributed by atoms with van der Waals surface area (Å²) in [6.07, 6.45) is 1.65. The molecule has 0 spiro atoms. The van der Waals surface area contributed by atoms with Gasteiger partial charge in [-0.2, -0.15) is 0 Å². The fraction of sp³-hybridized carbons (Fsp3) is 0. The number of fused-ring (bicyclic) bond motifs is 1. The van der Waals surface area contributed by atoms with Gasteiger partial charge < -0.3 is 5.73 Å². The zero-order chi connectivity index (χ0) is 11.8. The lowest BCUT2D eigenvalue weighted by atomic mass is 10.2. The summed E-state index contributed by atoms with van der Waals surface area (Å²) >= 11 is 0. The minimum atomic E-state index is -0.0596. The van der Waals surface area contributed by atoms with E-state index in [0.717, 1.165) is 5.56 Å². The number of H-pyrrole nitrogens is 1. The third-order valence-corrected chi connectivity index (χ3v) is 2.52. The van der Waals surface area contributed by atoms with Crippen molar-refractivity contribution in [1.82, 2.24) is 14.6 Å². The number of hydrogen-bond donors (Lipinski definition) is 2. The molecule has 0 amide bonds. The summed E-state index contributed by atoms with van der Waals surface area (Å²) in [7, 11) is 0. The Bertz CT molecular complexity index is 741. The Labute approximate surface area is 96.5 Å². The lowest BCUT2D eigenvalue weighted by Gasteiger charge is -1.97. The first-order valence-electron chi connectivity index (χ1n) is 5.17. The Morgan fingerprint density at radius 1 is 1.24 bits per heavy atom. The van der Waals surface area contributed by atoms with Crippen molar-refractivity contribution < 1.29 is 0 Å². The van der Waals surface area contributed by atoms with Crippen molar-refractivity contribution in [3.63, 3.8) is 0 Å². The normalized spacial score (nSPS) is 10.8. The lowest BCUT2D eigenvalue weighted by molar-refractivity contribution is 0.963. The van der Waals surface area contributed by atoms with Gasteiger partial charge in [-0.05, 0) is 12.1 Å². The van der Waals surface area contributed by atoms with Crippen LogP contribution in [0.15, 0.2) is 47.4 Å². The van der Waals surface area contributed by atoms with Crippen molar-refractivity contribution in [2.24, 2.45) is 0 Å². The van der Waals surface area contributed by atoms with E-state index in [1.54, 1.807) is 10.7 Å². The van der Waals surface area contributed by atoms with Gasteiger partial charge in [0.15, 0.2) is 16.9 Å². The van der Waals surface area contributed by atoms with Crippen molar-refractivity contribution in [1.29, 1.82) is 0 Å². The van der Waals surface area contributed by atoms with E-state index in [9.17, 15) is 4.79 Å². The van der Waals surface area contributed by atoms with E-state index in [4.69, 9.17) is 5.73 Å². The van der Waals surface area contributed by atoms with Crippen LogP contribution in [0.1, 0.15) is 0 Å². The van der Waals surface area contributed by atoms with Crippen molar-refractivity contribution in [3.05, 3.63) is 52.8 Å². The molecule has 1 aromatic carbocycles. The van der Waals surface area contributed by atoms with Crippen molar-refractivity contribution in [2.75, 3.05) is 5.73 Å². The number of aromatic amines is 1. The molecule has 0 aliphatic heterocycles. The van der Waals surface area contributed by atoms with Gasteiger partial charge in [-0.3, -0.25) is 9.89 Å². The minimum absolute atomic E-state index is 0.0596. The summed E-state index contributed by atoms with van der Waals surface area (Å²) in [4.78, 5) is 15.5. The zero-order valence-corrected chi connectivity index (χ0v) is 8.92. The van der Waals surface area contributed by atoms with Crippen LogP contribution in [-0.4, -0.2) is 14.6 Å². The number of aromatic nitrogens is 3. The molecule has 0 saturated carbocycles. The summed E-state index contributed by atoms with van der Waals surface area (Å²) < 4.78 is 1.69. The number of nitrogens with one attached hydrogen (secondary N) is 1. The molecule has 0 aliphatic rings. The van der Waals surface area contributed by atoms with Crippen LogP contribution < -0.4 is 11.2 Å². The average Bonchev–Trinajstić information content (AvgIpc) is 2.72. The van der Waals surface area contributed by atoms with E-state index in [0.29, 0.717) is 17.2 Å². The Kier molecular flexibility index (Phi) is 1.98. The maximum absolute atomic E-state index is 11.2. The molecular weight excluding hydrogens is 216 g/mol. The molecule has 84 valence electrons. The van der Waals surface area contributed by atoms with Crippen LogP contribution in [0, 0.1) is 0 Å². The maximum atomic E-state index is 11.2. The highest BCUT2D eigenvalue weighted by atomic mass is 16.1. The highest BCUT2D eigenvalue weighted by molar-refractivity contribution is 5.62. The molecule has 0 atom stereocenters. The topological polar surface area (TPSA) is 76.2 Å². The van der Waals surface area contributed by atoms with Crippen LogP contribution in [0.5, 0.6) is 0 Å². The van der Waals surface area contributed by atoms with Crippen LogP contribution >= 0.6 is 0 Å². The number of hydrogen-bond acceptors (Lipinski definition) is 3. The molecule has 0 saturated heterocycles. The standard InChI is InChI=1S/C12H10N4O/c13-9-3-1-2-8(6-9)12-14-11-7-10(17)4-5-16(11)15-12/h1-7H,13H2,(H,14,15). The molecule has 3 N–H and O–H groups in total. The largest absolute Gasteiger partial charge is 0.399 e. The second-order valence-electron chi connectivity index (χ2n) is 3.79. The highest BCUT2D eigenvalue weighted by Gasteiger charge is 2.04. The van der Waals surface area contributed by atoms with Crippen LogP contribution in [0.25, 0.3) is 17.0 Å². The Balaban J connectivity index is 2.21. The van der Waals surface area contributed by atoms with E-state index in [1.165, 1.54) is 12.1 Å². The number of benzene rings is 1. The number of rotatable bonds is 1. The van der Waals surface area contributed by atoms with Gasteiger partial charge in [0.1, 0.15) is 0 Å². The second kappa shape index (κ2) is 3.48. The van der Waals surface area contributed by atoms with Gasteiger partial charge in [-0.15, -0.1) is 0 Å². The lowest BCUT2D eigenvalue weighted by Crippen LogP contribution is -1.98.